The lowest BCUT2D eigenvalue weighted by Gasteiger charge is -2.21. The number of nitrogens with zero attached hydrogens (tertiary/aromatic N) is 2. The summed E-state index contributed by atoms with van der Waals surface area (Å²) in [6, 6.07) is 13.0. The molecule has 0 aliphatic heterocycles. The molecule has 2 nitrogen and oxygen atoms in total. The van der Waals surface area contributed by atoms with Crippen molar-refractivity contribution in [3.05, 3.63) is 60.0 Å². The van der Waals surface area contributed by atoms with Gasteiger partial charge in [-0.15, -0.1) is 0 Å². The van der Waals surface area contributed by atoms with E-state index < -0.39 is 0 Å². The van der Waals surface area contributed by atoms with Crippen molar-refractivity contribution < 1.29 is 0 Å². The number of rotatable bonds is 0. The monoisotopic (exact) mass is 246 g/mol. The molecule has 1 aromatic heterocycles. The van der Waals surface area contributed by atoms with Gasteiger partial charge in [0.2, 0.25) is 0 Å². The van der Waals surface area contributed by atoms with Crippen molar-refractivity contribution in [2.45, 2.75) is 19.3 Å². The lowest BCUT2D eigenvalue weighted by atomic mass is 9.82. The van der Waals surface area contributed by atoms with Gasteiger partial charge in [-0.25, -0.2) is 9.97 Å². The first-order chi connectivity index (χ1) is 9.19. The summed E-state index contributed by atoms with van der Waals surface area (Å²) in [5, 5.41) is 1.15. The van der Waals surface area contributed by atoms with Gasteiger partial charge < -0.3 is 0 Å². The largest absolute Gasteiger partial charge is 0.244 e. The Kier molecular flexibility index (Phi) is 1.92. The summed E-state index contributed by atoms with van der Waals surface area (Å²) in [5.74, 6) is 0. The maximum absolute atomic E-state index is 4.37. The van der Waals surface area contributed by atoms with E-state index in [1.165, 1.54) is 22.3 Å². The van der Waals surface area contributed by atoms with Gasteiger partial charge in [-0.1, -0.05) is 44.2 Å². The maximum Gasteiger partial charge on any atom is 0.116 e. The zero-order chi connectivity index (χ0) is 13.0. The molecule has 0 N–H and O–H groups in total. The third kappa shape index (κ3) is 1.26. The Hall–Kier alpha value is -2.22. The molecule has 0 amide bonds. The molecule has 0 atom stereocenters. The molecule has 3 aromatic rings. The van der Waals surface area contributed by atoms with Gasteiger partial charge in [-0.05, 0) is 28.3 Å². The number of fused-ring (bicyclic) bond motifs is 5. The van der Waals surface area contributed by atoms with Crippen molar-refractivity contribution in [3.8, 4) is 11.1 Å². The average Bonchev–Trinajstić information content (AvgIpc) is 2.68. The molecule has 4 rings (SSSR count). The Morgan fingerprint density at radius 3 is 2.68 bits per heavy atom. The summed E-state index contributed by atoms with van der Waals surface area (Å²) in [5.41, 5.74) is 6.45. The van der Waals surface area contributed by atoms with Gasteiger partial charge in [0.05, 0.1) is 5.52 Å². The van der Waals surface area contributed by atoms with Gasteiger partial charge in [0.25, 0.3) is 0 Å². The summed E-state index contributed by atoms with van der Waals surface area (Å²) in [4.78, 5) is 8.57. The van der Waals surface area contributed by atoms with Crippen LogP contribution in [-0.2, 0) is 5.41 Å². The lowest BCUT2D eigenvalue weighted by molar-refractivity contribution is 0.661. The van der Waals surface area contributed by atoms with Crippen molar-refractivity contribution >= 4 is 10.9 Å². The van der Waals surface area contributed by atoms with Crippen LogP contribution in [0, 0.1) is 0 Å². The van der Waals surface area contributed by atoms with Crippen molar-refractivity contribution in [3.63, 3.8) is 0 Å². The third-order valence-electron chi connectivity index (χ3n) is 4.23. The van der Waals surface area contributed by atoms with E-state index in [0.717, 1.165) is 10.9 Å². The highest BCUT2D eigenvalue weighted by Gasteiger charge is 2.36. The van der Waals surface area contributed by atoms with E-state index in [-0.39, 0.29) is 5.41 Å². The molecule has 0 saturated carbocycles. The normalized spacial score (nSPS) is 15.3. The van der Waals surface area contributed by atoms with Gasteiger partial charge in [0.15, 0.2) is 0 Å². The molecule has 1 aliphatic carbocycles. The number of hydrogen-bond acceptors (Lipinski definition) is 2. The Balaban J connectivity index is 2.22. The van der Waals surface area contributed by atoms with Gasteiger partial charge in [-0.2, -0.15) is 0 Å². The fourth-order valence-electron chi connectivity index (χ4n) is 3.26. The van der Waals surface area contributed by atoms with Gasteiger partial charge in [0.1, 0.15) is 6.33 Å². The minimum absolute atomic E-state index is 0.0515. The molecule has 19 heavy (non-hydrogen) atoms. The van der Waals surface area contributed by atoms with E-state index in [1.54, 1.807) is 6.33 Å². The van der Waals surface area contributed by atoms with Crippen LogP contribution in [0.25, 0.3) is 22.0 Å². The van der Waals surface area contributed by atoms with E-state index in [9.17, 15) is 0 Å². The molecular weight excluding hydrogens is 232 g/mol. The molecule has 2 aromatic carbocycles. The number of hydrogen-bond donors (Lipinski definition) is 0. The van der Waals surface area contributed by atoms with Crippen LogP contribution >= 0.6 is 0 Å². The summed E-state index contributed by atoms with van der Waals surface area (Å²) in [7, 11) is 0. The zero-order valence-electron chi connectivity index (χ0n) is 11.0. The van der Waals surface area contributed by atoms with Crippen LogP contribution in [-0.4, -0.2) is 9.97 Å². The molecule has 0 radical (unpaired) electrons. The molecule has 0 fully saturated rings. The highest BCUT2D eigenvalue weighted by Crippen LogP contribution is 2.50. The topological polar surface area (TPSA) is 25.8 Å². The zero-order valence-corrected chi connectivity index (χ0v) is 11.0. The fraction of sp³-hybridized carbons (Fsp3) is 0.176. The van der Waals surface area contributed by atoms with Crippen LogP contribution in [0.3, 0.4) is 0 Å². The first kappa shape index (κ1) is 10.7. The van der Waals surface area contributed by atoms with E-state index in [1.807, 2.05) is 6.20 Å². The van der Waals surface area contributed by atoms with Crippen LogP contribution < -0.4 is 0 Å². The van der Waals surface area contributed by atoms with Crippen molar-refractivity contribution in [2.24, 2.45) is 0 Å². The van der Waals surface area contributed by atoms with Crippen LogP contribution in [0.1, 0.15) is 25.0 Å². The standard InChI is InChI=1S/C17H14N2/c1-17(2)13-6-4-3-5-11(13)16-12-9-18-10-19-15(12)8-7-14(16)17/h3-10H,1-2H3. The minimum Gasteiger partial charge on any atom is -0.244 e. The Bertz CT molecular complexity index is 803. The first-order valence-corrected chi connectivity index (χ1v) is 6.52. The van der Waals surface area contributed by atoms with Crippen LogP contribution in [0.5, 0.6) is 0 Å². The third-order valence-corrected chi connectivity index (χ3v) is 4.23. The Labute approximate surface area is 112 Å². The molecular formula is C17H14N2. The molecule has 0 spiro atoms. The van der Waals surface area contributed by atoms with Crippen LogP contribution in [0.4, 0.5) is 0 Å². The SMILES string of the molecule is CC1(C)c2ccccc2-c2c1ccc1ncncc21. The van der Waals surface area contributed by atoms with Crippen LogP contribution in [0.15, 0.2) is 48.9 Å². The second kappa shape index (κ2) is 3.41. The molecule has 0 saturated heterocycles. The van der Waals surface area contributed by atoms with E-state index in [0.29, 0.717) is 0 Å². The van der Waals surface area contributed by atoms with Crippen LogP contribution in [0.2, 0.25) is 0 Å². The highest BCUT2D eigenvalue weighted by molar-refractivity contribution is 6.00. The molecule has 2 heteroatoms. The molecule has 1 heterocycles. The van der Waals surface area contributed by atoms with Gasteiger partial charge in [0, 0.05) is 17.0 Å². The number of aromatic nitrogens is 2. The summed E-state index contributed by atoms with van der Waals surface area (Å²) in [6.07, 6.45) is 3.54. The van der Waals surface area contributed by atoms with Gasteiger partial charge >= 0.3 is 0 Å². The van der Waals surface area contributed by atoms with Crippen molar-refractivity contribution in [1.29, 1.82) is 0 Å². The van der Waals surface area contributed by atoms with Crippen molar-refractivity contribution in [1.82, 2.24) is 9.97 Å². The Morgan fingerprint density at radius 2 is 1.79 bits per heavy atom. The number of benzene rings is 2. The average molecular weight is 246 g/mol. The maximum atomic E-state index is 4.37. The highest BCUT2D eigenvalue weighted by atomic mass is 14.8. The first-order valence-electron chi connectivity index (χ1n) is 6.52. The predicted molar refractivity (Wildman–Crippen MR) is 77.1 cm³/mol. The molecule has 1 aliphatic rings. The quantitative estimate of drug-likeness (QED) is 0.600. The fourth-order valence-corrected chi connectivity index (χ4v) is 3.26. The second-order valence-corrected chi connectivity index (χ2v) is 5.61. The molecule has 92 valence electrons. The van der Waals surface area contributed by atoms with E-state index in [4.69, 9.17) is 0 Å². The van der Waals surface area contributed by atoms with E-state index in [2.05, 4.69) is 60.2 Å². The lowest BCUT2D eigenvalue weighted by Crippen LogP contribution is -2.14. The summed E-state index contributed by atoms with van der Waals surface area (Å²) < 4.78 is 0. The second-order valence-electron chi connectivity index (χ2n) is 5.61. The van der Waals surface area contributed by atoms with Gasteiger partial charge in [-0.3, -0.25) is 0 Å². The smallest absolute Gasteiger partial charge is 0.116 e. The minimum atomic E-state index is 0.0515. The van der Waals surface area contributed by atoms with Crippen molar-refractivity contribution in [2.75, 3.05) is 0 Å². The molecule has 0 unspecified atom stereocenters. The summed E-state index contributed by atoms with van der Waals surface area (Å²) in [6.45, 7) is 4.57. The predicted octanol–water partition coefficient (Wildman–Crippen LogP) is 3.94. The molecule has 0 bridgehead atoms. The summed E-state index contributed by atoms with van der Waals surface area (Å²) >= 11 is 0. The van der Waals surface area contributed by atoms with E-state index >= 15 is 0 Å². The Morgan fingerprint density at radius 1 is 0.947 bits per heavy atom.